The minimum Gasteiger partial charge on any atom is -0.505 e. The van der Waals surface area contributed by atoms with E-state index in [0.717, 1.165) is 12.0 Å². The zero-order chi connectivity index (χ0) is 11.3. The molecule has 0 aliphatic carbocycles. The Morgan fingerprint density at radius 2 is 2.33 bits per heavy atom. The number of hydrogen-bond donors (Lipinski definition) is 2. The predicted molar refractivity (Wildman–Crippen MR) is 57.8 cm³/mol. The van der Waals surface area contributed by atoms with Gasteiger partial charge in [0, 0.05) is 6.54 Å². The van der Waals surface area contributed by atoms with Crippen LogP contribution in [-0.4, -0.2) is 11.1 Å². The van der Waals surface area contributed by atoms with Crippen LogP contribution in [0.3, 0.4) is 0 Å². The largest absolute Gasteiger partial charge is 0.505 e. The first-order chi connectivity index (χ1) is 7.17. The Balaban J connectivity index is 2.59. The predicted octanol–water partition coefficient (Wildman–Crippen LogP) is 2.03. The van der Waals surface area contributed by atoms with Crippen LogP contribution in [0.1, 0.15) is 18.9 Å². The smallest absolute Gasteiger partial charge is 0.165 e. The summed E-state index contributed by atoms with van der Waals surface area (Å²) in [7, 11) is 0. The first kappa shape index (κ1) is 11.5. The van der Waals surface area contributed by atoms with Crippen LogP contribution >= 0.6 is 0 Å². The van der Waals surface area contributed by atoms with E-state index in [4.69, 9.17) is 11.5 Å². The van der Waals surface area contributed by atoms with Crippen LogP contribution in [-0.2, 0) is 6.54 Å². The van der Waals surface area contributed by atoms with Crippen LogP contribution in [0.2, 0.25) is 0 Å². The van der Waals surface area contributed by atoms with E-state index in [2.05, 4.69) is 11.2 Å². The number of halogens is 1. The highest BCUT2D eigenvalue weighted by molar-refractivity contribution is 5.28. The topological polar surface area (TPSA) is 32.3 Å². The summed E-state index contributed by atoms with van der Waals surface area (Å²) in [6, 6.07) is 4.30. The van der Waals surface area contributed by atoms with E-state index in [1.54, 1.807) is 6.07 Å². The Morgan fingerprint density at radius 3 is 2.87 bits per heavy atom. The lowest BCUT2D eigenvalue weighted by Gasteiger charge is -2.10. The number of terminal acetylenes is 1. The molecule has 2 N–H and O–H groups in total. The fourth-order valence-corrected chi connectivity index (χ4v) is 1.22. The second-order valence-corrected chi connectivity index (χ2v) is 3.29. The van der Waals surface area contributed by atoms with E-state index < -0.39 is 5.82 Å². The van der Waals surface area contributed by atoms with Gasteiger partial charge in [-0.15, -0.1) is 6.42 Å². The molecule has 0 amide bonds. The van der Waals surface area contributed by atoms with E-state index in [1.807, 2.05) is 6.92 Å². The standard InChI is InChI=1S/C12H14FNO/c1-3-10(4-2)14-8-9-5-6-12(15)11(13)7-9/h1,5-7,10,14-15H,4,8H2,2H3. The van der Waals surface area contributed by atoms with Gasteiger partial charge in [-0.2, -0.15) is 0 Å². The zero-order valence-electron chi connectivity index (χ0n) is 8.63. The van der Waals surface area contributed by atoms with Gasteiger partial charge in [0.05, 0.1) is 6.04 Å². The highest BCUT2D eigenvalue weighted by Gasteiger charge is 2.03. The number of rotatable bonds is 4. The van der Waals surface area contributed by atoms with E-state index in [0.29, 0.717) is 6.54 Å². The summed E-state index contributed by atoms with van der Waals surface area (Å²) in [4.78, 5) is 0. The summed E-state index contributed by atoms with van der Waals surface area (Å²) in [5.74, 6) is 1.65. The molecule has 0 aliphatic heterocycles. The lowest BCUT2D eigenvalue weighted by atomic mass is 10.2. The van der Waals surface area contributed by atoms with Crippen molar-refractivity contribution < 1.29 is 9.50 Å². The van der Waals surface area contributed by atoms with Crippen molar-refractivity contribution >= 4 is 0 Å². The van der Waals surface area contributed by atoms with Gasteiger partial charge in [-0.05, 0) is 24.1 Å². The minimum atomic E-state index is -0.608. The SMILES string of the molecule is C#CC(CC)NCc1ccc(O)c(F)c1. The fourth-order valence-electron chi connectivity index (χ4n) is 1.22. The maximum Gasteiger partial charge on any atom is 0.165 e. The molecule has 0 heterocycles. The molecule has 0 aliphatic rings. The van der Waals surface area contributed by atoms with Crippen LogP contribution in [0, 0.1) is 18.2 Å². The van der Waals surface area contributed by atoms with E-state index in [9.17, 15) is 4.39 Å². The molecular weight excluding hydrogens is 193 g/mol. The molecule has 1 atom stereocenters. The molecule has 1 rings (SSSR count). The molecule has 1 unspecified atom stereocenters. The molecular formula is C12H14FNO. The third-order valence-corrected chi connectivity index (χ3v) is 2.17. The fraction of sp³-hybridized carbons (Fsp3) is 0.333. The summed E-state index contributed by atoms with van der Waals surface area (Å²) >= 11 is 0. The maximum atomic E-state index is 12.9. The molecule has 0 radical (unpaired) electrons. The second-order valence-electron chi connectivity index (χ2n) is 3.29. The summed E-state index contributed by atoms with van der Waals surface area (Å²) in [6.45, 7) is 2.48. The molecule has 2 nitrogen and oxygen atoms in total. The van der Waals surface area contributed by atoms with E-state index in [1.165, 1.54) is 12.1 Å². The normalized spacial score (nSPS) is 12.1. The molecule has 0 fully saturated rings. The van der Waals surface area contributed by atoms with Gasteiger partial charge in [-0.1, -0.05) is 18.9 Å². The number of nitrogens with one attached hydrogen (secondary N) is 1. The molecule has 80 valence electrons. The molecule has 1 aromatic carbocycles. The van der Waals surface area contributed by atoms with E-state index >= 15 is 0 Å². The van der Waals surface area contributed by atoms with Crippen LogP contribution in [0.25, 0.3) is 0 Å². The molecule has 15 heavy (non-hydrogen) atoms. The summed E-state index contributed by atoms with van der Waals surface area (Å²) in [6.07, 6.45) is 6.11. The lowest BCUT2D eigenvalue weighted by molar-refractivity contribution is 0.431. The second kappa shape index (κ2) is 5.38. The van der Waals surface area contributed by atoms with Gasteiger partial charge in [0.25, 0.3) is 0 Å². The number of hydrogen-bond acceptors (Lipinski definition) is 2. The zero-order valence-corrected chi connectivity index (χ0v) is 8.63. The summed E-state index contributed by atoms with van der Waals surface area (Å²) < 4.78 is 12.9. The molecule has 0 saturated carbocycles. The highest BCUT2D eigenvalue weighted by atomic mass is 19.1. The summed E-state index contributed by atoms with van der Waals surface area (Å²) in [5, 5.41) is 12.1. The molecule has 0 saturated heterocycles. The van der Waals surface area contributed by atoms with Crippen LogP contribution in [0.5, 0.6) is 5.75 Å². The number of benzene rings is 1. The molecule has 1 aromatic rings. The maximum absolute atomic E-state index is 12.9. The van der Waals surface area contributed by atoms with Gasteiger partial charge in [0.15, 0.2) is 11.6 Å². The van der Waals surface area contributed by atoms with Gasteiger partial charge < -0.3 is 5.11 Å². The van der Waals surface area contributed by atoms with Gasteiger partial charge in [0.2, 0.25) is 0 Å². The number of aromatic hydroxyl groups is 1. The van der Waals surface area contributed by atoms with Crippen LogP contribution in [0.4, 0.5) is 4.39 Å². The van der Waals surface area contributed by atoms with E-state index in [-0.39, 0.29) is 11.8 Å². The first-order valence-corrected chi connectivity index (χ1v) is 4.84. The molecule has 0 aromatic heterocycles. The van der Waals surface area contributed by atoms with Crippen LogP contribution < -0.4 is 5.32 Å². The Morgan fingerprint density at radius 1 is 1.60 bits per heavy atom. The van der Waals surface area contributed by atoms with Gasteiger partial charge in [-0.25, -0.2) is 4.39 Å². The monoisotopic (exact) mass is 207 g/mol. The minimum absolute atomic E-state index is 0.00173. The Hall–Kier alpha value is -1.53. The highest BCUT2D eigenvalue weighted by Crippen LogP contribution is 2.15. The van der Waals surface area contributed by atoms with Crippen LogP contribution in [0.15, 0.2) is 18.2 Å². The molecule has 0 bridgehead atoms. The molecule has 3 heteroatoms. The summed E-state index contributed by atoms with van der Waals surface area (Å²) in [5.41, 5.74) is 0.763. The van der Waals surface area contributed by atoms with Gasteiger partial charge in [-0.3, -0.25) is 5.32 Å². The van der Waals surface area contributed by atoms with Crippen molar-refractivity contribution in [2.75, 3.05) is 0 Å². The number of phenols is 1. The van der Waals surface area contributed by atoms with Crippen molar-refractivity contribution in [1.29, 1.82) is 0 Å². The third-order valence-electron chi connectivity index (χ3n) is 2.17. The van der Waals surface area contributed by atoms with Crippen molar-refractivity contribution in [1.82, 2.24) is 5.32 Å². The molecule has 0 spiro atoms. The Kier molecular flexibility index (Phi) is 4.14. The third kappa shape index (κ3) is 3.26. The average Bonchev–Trinajstić information content (AvgIpc) is 2.24. The van der Waals surface area contributed by atoms with Crippen molar-refractivity contribution in [3.63, 3.8) is 0 Å². The van der Waals surface area contributed by atoms with Gasteiger partial charge in [0.1, 0.15) is 0 Å². The Labute approximate surface area is 89.1 Å². The lowest BCUT2D eigenvalue weighted by Crippen LogP contribution is -2.26. The first-order valence-electron chi connectivity index (χ1n) is 4.84. The van der Waals surface area contributed by atoms with Crippen molar-refractivity contribution in [3.05, 3.63) is 29.6 Å². The van der Waals surface area contributed by atoms with Gasteiger partial charge >= 0.3 is 0 Å². The Bertz CT molecular complexity index is 370. The average molecular weight is 207 g/mol. The van der Waals surface area contributed by atoms with Crippen molar-refractivity contribution in [2.24, 2.45) is 0 Å². The van der Waals surface area contributed by atoms with Crippen molar-refractivity contribution in [3.8, 4) is 18.1 Å². The quantitative estimate of drug-likeness (QED) is 0.740. The van der Waals surface area contributed by atoms with Crippen molar-refractivity contribution in [2.45, 2.75) is 25.9 Å². The number of phenolic OH excluding ortho intramolecular Hbond substituents is 1.